The summed E-state index contributed by atoms with van der Waals surface area (Å²) in [7, 11) is 0. The lowest BCUT2D eigenvalue weighted by Crippen LogP contribution is -2.37. The fraction of sp³-hybridized carbons (Fsp3) is 0.615. The Balaban J connectivity index is 2.05. The average molecular weight is 266 g/mol. The van der Waals surface area contributed by atoms with E-state index >= 15 is 0 Å². The molecule has 0 amide bonds. The number of aliphatic hydroxyl groups is 2. The van der Waals surface area contributed by atoms with Gasteiger partial charge in [-0.15, -0.1) is 0 Å². The molecule has 2 aliphatic carbocycles. The van der Waals surface area contributed by atoms with E-state index in [0.29, 0.717) is 0 Å². The van der Waals surface area contributed by atoms with Crippen molar-refractivity contribution in [3.05, 3.63) is 12.2 Å². The van der Waals surface area contributed by atoms with Crippen molar-refractivity contribution in [1.82, 2.24) is 0 Å². The molecule has 3 aliphatic rings. The summed E-state index contributed by atoms with van der Waals surface area (Å²) < 4.78 is 5.13. The largest absolute Gasteiger partial charge is 0.457 e. The molecule has 6 atom stereocenters. The minimum Gasteiger partial charge on any atom is -0.457 e. The maximum atomic E-state index is 12.0. The molecule has 102 valence electrons. The molecule has 1 saturated heterocycles. The van der Waals surface area contributed by atoms with Crippen LogP contribution in [0.4, 0.5) is 0 Å². The third kappa shape index (κ3) is 1.60. The Labute approximate surface area is 109 Å². The van der Waals surface area contributed by atoms with Crippen molar-refractivity contribution in [1.29, 1.82) is 0 Å². The summed E-state index contributed by atoms with van der Waals surface area (Å²) in [5, 5.41) is 19.7. The minimum absolute atomic E-state index is 0.0439. The average Bonchev–Trinajstić information content (AvgIpc) is 2.75. The summed E-state index contributed by atoms with van der Waals surface area (Å²) in [6.45, 7) is 3.58. The van der Waals surface area contributed by atoms with Crippen molar-refractivity contribution < 1.29 is 29.3 Å². The summed E-state index contributed by atoms with van der Waals surface area (Å²) in [5.74, 6) is -3.65. The van der Waals surface area contributed by atoms with Crippen molar-refractivity contribution in [3.8, 4) is 0 Å². The predicted octanol–water partition coefficient (Wildman–Crippen LogP) is -1.02. The van der Waals surface area contributed by atoms with Crippen molar-refractivity contribution >= 4 is 17.5 Å². The Morgan fingerprint density at radius 3 is 2.53 bits per heavy atom. The van der Waals surface area contributed by atoms with Gasteiger partial charge in [0.2, 0.25) is 0 Å². The van der Waals surface area contributed by atoms with Gasteiger partial charge in [-0.3, -0.25) is 9.59 Å². The van der Waals surface area contributed by atoms with E-state index in [1.165, 1.54) is 0 Å². The van der Waals surface area contributed by atoms with Gasteiger partial charge in [0, 0.05) is 17.9 Å². The number of ketones is 2. The summed E-state index contributed by atoms with van der Waals surface area (Å²) >= 11 is 0. The van der Waals surface area contributed by atoms with Crippen LogP contribution in [0.5, 0.6) is 0 Å². The lowest BCUT2D eigenvalue weighted by Gasteiger charge is -2.23. The molecule has 6 unspecified atom stereocenters. The van der Waals surface area contributed by atoms with Crippen LogP contribution in [-0.4, -0.2) is 46.1 Å². The van der Waals surface area contributed by atoms with E-state index in [1.807, 2.05) is 0 Å². The van der Waals surface area contributed by atoms with E-state index < -0.39 is 47.8 Å². The number of esters is 1. The third-order valence-corrected chi connectivity index (χ3v) is 4.42. The van der Waals surface area contributed by atoms with Gasteiger partial charge in [0.15, 0.2) is 5.78 Å². The number of carbonyl (C=O) groups excluding carboxylic acids is 3. The van der Waals surface area contributed by atoms with E-state index in [4.69, 9.17) is 4.74 Å². The van der Waals surface area contributed by atoms with Crippen LogP contribution in [0.1, 0.15) is 12.8 Å². The number of hydrogen-bond acceptors (Lipinski definition) is 6. The van der Waals surface area contributed by atoms with Gasteiger partial charge < -0.3 is 14.9 Å². The number of carbonyl (C=O) groups is 3. The van der Waals surface area contributed by atoms with Gasteiger partial charge in [-0.2, -0.15) is 0 Å². The molecule has 6 heteroatoms. The van der Waals surface area contributed by atoms with Crippen LogP contribution < -0.4 is 0 Å². The summed E-state index contributed by atoms with van der Waals surface area (Å²) in [6, 6.07) is 0. The van der Waals surface area contributed by atoms with Crippen LogP contribution in [0.2, 0.25) is 0 Å². The van der Waals surface area contributed by atoms with Crippen LogP contribution in [0, 0.1) is 17.8 Å². The summed E-state index contributed by atoms with van der Waals surface area (Å²) in [6.07, 6.45) is -3.23. The van der Waals surface area contributed by atoms with Gasteiger partial charge in [0.1, 0.15) is 18.0 Å². The standard InChI is InChI=1S/C13H14O6/c1-4-9-7(15)3-6(14)5-2-8(16)11(17)10(5)12(9)19-13(4)18/h5,7-10,12,15-16H,1-3H2. The molecule has 1 aliphatic heterocycles. The first kappa shape index (κ1) is 12.5. The number of hydrogen-bond donors (Lipinski definition) is 2. The Bertz CT molecular complexity index is 495. The number of rotatable bonds is 0. The van der Waals surface area contributed by atoms with Crippen LogP contribution in [-0.2, 0) is 19.1 Å². The molecule has 0 aromatic carbocycles. The molecule has 3 fully saturated rings. The van der Waals surface area contributed by atoms with Gasteiger partial charge in [-0.25, -0.2) is 4.79 Å². The highest BCUT2D eigenvalue weighted by atomic mass is 16.6. The molecule has 3 rings (SSSR count). The maximum Gasteiger partial charge on any atom is 0.334 e. The zero-order valence-electron chi connectivity index (χ0n) is 10.1. The molecular weight excluding hydrogens is 252 g/mol. The van der Waals surface area contributed by atoms with Gasteiger partial charge in [0.25, 0.3) is 0 Å². The zero-order chi connectivity index (χ0) is 13.9. The molecular formula is C13H14O6. The minimum atomic E-state index is -1.19. The van der Waals surface area contributed by atoms with Crippen molar-refractivity contribution in [2.75, 3.05) is 0 Å². The molecule has 0 aromatic rings. The molecule has 2 N–H and O–H groups in total. The lowest BCUT2D eigenvalue weighted by molar-refractivity contribution is -0.146. The third-order valence-electron chi connectivity index (χ3n) is 4.42. The Kier molecular flexibility index (Phi) is 2.62. The number of fused-ring (bicyclic) bond motifs is 3. The lowest BCUT2D eigenvalue weighted by atomic mass is 9.83. The monoisotopic (exact) mass is 266 g/mol. The highest BCUT2D eigenvalue weighted by Gasteiger charge is 2.59. The molecule has 19 heavy (non-hydrogen) atoms. The molecule has 0 radical (unpaired) electrons. The van der Waals surface area contributed by atoms with Crippen molar-refractivity contribution in [2.45, 2.75) is 31.2 Å². The number of ether oxygens (including phenoxy) is 1. The van der Waals surface area contributed by atoms with E-state index in [1.54, 1.807) is 0 Å². The van der Waals surface area contributed by atoms with Gasteiger partial charge >= 0.3 is 5.97 Å². The SMILES string of the molecule is C=C1C(=O)OC2C1C(O)CC(=O)C1CC(O)C(=O)C12. The van der Waals surface area contributed by atoms with Crippen LogP contribution in [0.15, 0.2) is 12.2 Å². The zero-order valence-corrected chi connectivity index (χ0v) is 10.1. The van der Waals surface area contributed by atoms with Crippen LogP contribution >= 0.6 is 0 Å². The van der Waals surface area contributed by atoms with Crippen molar-refractivity contribution in [2.24, 2.45) is 17.8 Å². The summed E-state index contributed by atoms with van der Waals surface area (Å²) in [4.78, 5) is 35.6. The molecule has 0 spiro atoms. The summed E-state index contributed by atoms with van der Waals surface area (Å²) in [5.41, 5.74) is 0.0974. The van der Waals surface area contributed by atoms with Crippen LogP contribution in [0.25, 0.3) is 0 Å². The fourth-order valence-electron chi connectivity index (χ4n) is 3.49. The Morgan fingerprint density at radius 2 is 1.84 bits per heavy atom. The quantitative estimate of drug-likeness (QED) is 0.430. The Morgan fingerprint density at radius 1 is 1.16 bits per heavy atom. The normalized spacial score (nSPS) is 45.8. The highest BCUT2D eigenvalue weighted by molar-refractivity contribution is 5.99. The molecule has 0 aromatic heterocycles. The molecule has 1 heterocycles. The first-order valence-electron chi connectivity index (χ1n) is 6.24. The number of aliphatic hydroxyl groups excluding tert-OH is 2. The second-order valence-corrected chi connectivity index (χ2v) is 5.44. The van der Waals surface area contributed by atoms with Gasteiger partial charge in [-0.05, 0) is 6.42 Å². The van der Waals surface area contributed by atoms with E-state index in [-0.39, 0.29) is 24.2 Å². The topological polar surface area (TPSA) is 101 Å². The Hall–Kier alpha value is -1.53. The predicted molar refractivity (Wildman–Crippen MR) is 60.8 cm³/mol. The first-order chi connectivity index (χ1) is 8.91. The smallest absolute Gasteiger partial charge is 0.334 e. The number of Topliss-reactive ketones (excluding diaryl/α,β-unsaturated/α-hetero) is 2. The van der Waals surface area contributed by atoms with E-state index in [2.05, 4.69) is 6.58 Å². The first-order valence-corrected chi connectivity index (χ1v) is 6.24. The highest BCUT2D eigenvalue weighted by Crippen LogP contribution is 2.46. The van der Waals surface area contributed by atoms with E-state index in [9.17, 15) is 24.6 Å². The van der Waals surface area contributed by atoms with Crippen LogP contribution in [0.3, 0.4) is 0 Å². The van der Waals surface area contributed by atoms with Gasteiger partial charge in [-0.1, -0.05) is 6.58 Å². The molecule has 2 saturated carbocycles. The van der Waals surface area contributed by atoms with Gasteiger partial charge in [0.05, 0.1) is 17.9 Å². The maximum absolute atomic E-state index is 12.0. The van der Waals surface area contributed by atoms with Crippen molar-refractivity contribution in [3.63, 3.8) is 0 Å². The molecule has 6 nitrogen and oxygen atoms in total. The second-order valence-electron chi connectivity index (χ2n) is 5.44. The second kappa shape index (κ2) is 3.98. The fourth-order valence-corrected chi connectivity index (χ4v) is 3.49. The molecule has 0 bridgehead atoms. The van der Waals surface area contributed by atoms with E-state index in [0.717, 1.165) is 0 Å².